The largest absolute Gasteiger partial charge is 0.488 e. The molecule has 0 aliphatic rings. The minimum atomic E-state index is -0.760. The molecule has 1 heterocycles. The molecule has 1 atom stereocenters. The summed E-state index contributed by atoms with van der Waals surface area (Å²) in [5, 5.41) is 12.6. The fraction of sp³-hybridized carbons (Fsp3) is 0.643. The molecule has 0 radical (unpaired) electrons. The Kier molecular flexibility index (Phi) is 10.0. The van der Waals surface area contributed by atoms with E-state index in [0.717, 1.165) is 21.8 Å². The molecular formula is C28H48O4SSi2. The molecule has 2 aromatic rings. The van der Waals surface area contributed by atoms with Gasteiger partial charge in [0.2, 0.25) is 0 Å². The van der Waals surface area contributed by atoms with Crippen LogP contribution in [0.3, 0.4) is 0 Å². The SMILES string of the molecule is CCC(O)c1csc(COc2ccc(C(C)(C)O[SiH2]C(C)(C)C)c(C(C)(C)O[SiH2]C(C)(C)C)c2)c1. The van der Waals surface area contributed by atoms with Crippen molar-refractivity contribution in [2.45, 2.75) is 117 Å². The zero-order valence-electron chi connectivity index (χ0n) is 23.9. The third-order valence-electron chi connectivity index (χ3n) is 5.85. The second kappa shape index (κ2) is 11.6. The summed E-state index contributed by atoms with van der Waals surface area (Å²) in [6, 6.07) is 8.40. The highest BCUT2D eigenvalue weighted by Crippen LogP contribution is 2.40. The molecule has 198 valence electrons. The highest BCUT2D eigenvalue weighted by Gasteiger charge is 2.34. The lowest BCUT2D eigenvalue weighted by atomic mass is 9.85. The summed E-state index contributed by atoms with van der Waals surface area (Å²) in [6.07, 6.45) is 0.305. The van der Waals surface area contributed by atoms with Crippen LogP contribution in [-0.4, -0.2) is 24.6 Å². The van der Waals surface area contributed by atoms with Gasteiger partial charge in [-0.05, 0) is 84.5 Å². The molecular weight excluding hydrogens is 489 g/mol. The van der Waals surface area contributed by atoms with Gasteiger partial charge in [-0.15, -0.1) is 11.3 Å². The molecule has 2 rings (SSSR count). The molecule has 1 N–H and O–H groups in total. The van der Waals surface area contributed by atoms with Crippen molar-refractivity contribution in [3.63, 3.8) is 0 Å². The molecule has 0 saturated carbocycles. The van der Waals surface area contributed by atoms with Crippen molar-refractivity contribution in [2.75, 3.05) is 0 Å². The maximum absolute atomic E-state index is 10.1. The van der Waals surface area contributed by atoms with E-state index >= 15 is 0 Å². The number of aliphatic hydroxyl groups excluding tert-OH is 1. The van der Waals surface area contributed by atoms with Gasteiger partial charge in [-0.1, -0.05) is 54.5 Å². The second-order valence-corrected chi connectivity index (χ2v) is 19.4. The van der Waals surface area contributed by atoms with Crippen LogP contribution in [0, 0.1) is 0 Å². The molecule has 1 aromatic heterocycles. The van der Waals surface area contributed by atoms with Crippen molar-refractivity contribution in [3.05, 3.63) is 51.2 Å². The van der Waals surface area contributed by atoms with Crippen molar-refractivity contribution in [1.29, 1.82) is 0 Å². The van der Waals surface area contributed by atoms with Gasteiger partial charge in [-0.25, -0.2) is 0 Å². The van der Waals surface area contributed by atoms with Crippen LogP contribution in [0.4, 0.5) is 0 Å². The Hall–Kier alpha value is -0.966. The summed E-state index contributed by atoms with van der Waals surface area (Å²) < 4.78 is 19.5. The fourth-order valence-corrected chi connectivity index (χ4v) is 6.37. The van der Waals surface area contributed by atoms with E-state index in [-0.39, 0.29) is 10.1 Å². The quantitative estimate of drug-likeness (QED) is 0.318. The zero-order valence-corrected chi connectivity index (χ0v) is 27.5. The Balaban J connectivity index is 2.35. The van der Waals surface area contributed by atoms with E-state index in [2.05, 4.69) is 87.4 Å². The van der Waals surface area contributed by atoms with E-state index in [4.69, 9.17) is 13.6 Å². The Morgan fingerprint density at radius 3 is 1.89 bits per heavy atom. The summed E-state index contributed by atoms with van der Waals surface area (Å²) in [5.41, 5.74) is 2.41. The van der Waals surface area contributed by atoms with Crippen LogP contribution >= 0.6 is 11.3 Å². The highest BCUT2D eigenvalue weighted by molar-refractivity contribution is 7.10. The minimum Gasteiger partial charge on any atom is -0.488 e. The minimum absolute atomic E-state index is 0.205. The average Bonchev–Trinajstić information content (AvgIpc) is 3.22. The van der Waals surface area contributed by atoms with Gasteiger partial charge in [0, 0.05) is 4.88 Å². The van der Waals surface area contributed by atoms with Gasteiger partial charge in [0.1, 0.15) is 12.4 Å². The lowest BCUT2D eigenvalue weighted by Gasteiger charge is -2.37. The molecule has 0 spiro atoms. The second-order valence-electron chi connectivity index (χ2n) is 13.0. The Morgan fingerprint density at radius 1 is 0.829 bits per heavy atom. The van der Waals surface area contributed by atoms with Gasteiger partial charge < -0.3 is 18.7 Å². The van der Waals surface area contributed by atoms with Gasteiger partial charge in [0.05, 0.1) is 17.3 Å². The molecule has 0 bridgehead atoms. The molecule has 0 amide bonds. The summed E-state index contributed by atoms with van der Waals surface area (Å²) in [4.78, 5) is 1.11. The molecule has 7 heteroatoms. The molecule has 0 aliphatic carbocycles. The van der Waals surface area contributed by atoms with E-state index < -0.39 is 36.8 Å². The normalized spacial score (nSPS) is 15.0. The number of hydrogen-bond donors (Lipinski definition) is 1. The maximum Gasteiger partial charge on any atom is 0.168 e. The van der Waals surface area contributed by atoms with E-state index in [9.17, 15) is 5.11 Å². The van der Waals surface area contributed by atoms with Gasteiger partial charge >= 0.3 is 0 Å². The topological polar surface area (TPSA) is 47.9 Å². The smallest absolute Gasteiger partial charge is 0.168 e. The van der Waals surface area contributed by atoms with E-state index in [1.54, 1.807) is 11.3 Å². The van der Waals surface area contributed by atoms with Crippen LogP contribution in [0.25, 0.3) is 0 Å². The van der Waals surface area contributed by atoms with Crippen LogP contribution < -0.4 is 4.74 Å². The van der Waals surface area contributed by atoms with Crippen molar-refractivity contribution in [1.82, 2.24) is 0 Å². The van der Waals surface area contributed by atoms with Gasteiger partial charge in [-0.3, -0.25) is 0 Å². The summed E-state index contributed by atoms with van der Waals surface area (Å²) >= 11 is 1.63. The van der Waals surface area contributed by atoms with Gasteiger partial charge in [0.15, 0.2) is 19.5 Å². The fourth-order valence-electron chi connectivity index (χ4n) is 3.62. The Morgan fingerprint density at radius 2 is 1.37 bits per heavy atom. The third-order valence-corrected chi connectivity index (χ3v) is 10.2. The van der Waals surface area contributed by atoms with Crippen LogP contribution in [0.5, 0.6) is 5.75 Å². The molecule has 0 aliphatic heterocycles. The molecule has 0 saturated heterocycles. The first-order valence-corrected chi connectivity index (χ1v) is 16.2. The summed E-state index contributed by atoms with van der Waals surface area (Å²) in [7, 11) is -1.50. The summed E-state index contributed by atoms with van der Waals surface area (Å²) in [5.74, 6) is 0.827. The predicted molar refractivity (Wildman–Crippen MR) is 155 cm³/mol. The van der Waals surface area contributed by atoms with Crippen molar-refractivity contribution < 1.29 is 18.7 Å². The number of aliphatic hydroxyl groups is 1. The van der Waals surface area contributed by atoms with E-state index in [0.29, 0.717) is 13.0 Å². The monoisotopic (exact) mass is 536 g/mol. The standard InChI is InChI=1S/C28H48O4SSi2/c1-12-24(29)19-15-21(33-18-19)17-30-20-13-14-22(27(8,9)31-34-25(2,3)4)23(16-20)28(10,11)32-35-26(5,6)7/h13-16,18,24,29H,12,17,34-35H2,1-11H3. The van der Waals surface area contributed by atoms with Crippen molar-refractivity contribution in [3.8, 4) is 5.75 Å². The number of ether oxygens (including phenoxy) is 1. The number of rotatable bonds is 11. The first-order chi connectivity index (χ1) is 15.9. The molecule has 0 fully saturated rings. The van der Waals surface area contributed by atoms with Crippen molar-refractivity contribution in [2.24, 2.45) is 0 Å². The zero-order chi connectivity index (χ0) is 26.7. The lowest BCUT2D eigenvalue weighted by Crippen LogP contribution is -2.34. The Labute approximate surface area is 222 Å². The van der Waals surface area contributed by atoms with Crippen LogP contribution in [0.1, 0.15) is 110 Å². The first kappa shape index (κ1) is 30.3. The highest BCUT2D eigenvalue weighted by atomic mass is 32.1. The lowest BCUT2D eigenvalue weighted by molar-refractivity contribution is 0.0826. The average molecular weight is 537 g/mol. The van der Waals surface area contributed by atoms with Crippen LogP contribution in [0.15, 0.2) is 29.6 Å². The molecule has 1 aromatic carbocycles. The molecule has 35 heavy (non-hydrogen) atoms. The van der Waals surface area contributed by atoms with Gasteiger partial charge in [0.25, 0.3) is 0 Å². The molecule has 1 unspecified atom stereocenters. The predicted octanol–water partition coefficient (Wildman–Crippen LogP) is 6.88. The Bertz CT molecular complexity index is 955. The summed E-state index contributed by atoms with van der Waals surface area (Å²) in [6.45, 7) is 24.7. The van der Waals surface area contributed by atoms with E-state index in [1.165, 1.54) is 5.56 Å². The first-order valence-electron chi connectivity index (χ1n) is 12.7. The number of thiophene rings is 1. The number of hydrogen-bond acceptors (Lipinski definition) is 5. The molecule has 4 nitrogen and oxygen atoms in total. The third kappa shape index (κ3) is 9.45. The van der Waals surface area contributed by atoms with Crippen molar-refractivity contribution >= 4 is 30.9 Å². The van der Waals surface area contributed by atoms with Crippen LogP contribution in [0.2, 0.25) is 10.1 Å². The maximum atomic E-state index is 10.1. The number of benzene rings is 1. The van der Waals surface area contributed by atoms with E-state index in [1.807, 2.05) is 18.4 Å². The van der Waals surface area contributed by atoms with Gasteiger partial charge in [-0.2, -0.15) is 0 Å². The van der Waals surface area contributed by atoms with Crippen LogP contribution in [-0.2, 0) is 26.7 Å².